The van der Waals surface area contributed by atoms with E-state index in [1.807, 2.05) is 18.4 Å². The second-order valence-electron chi connectivity index (χ2n) is 6.42. The molecular formula is C18H24N4O2S. The highest BCUT2D eigenvalue weighted by Crippen LogP contribution is 2.15. The Balaban J connectivity index is 1.66. The number of benzene rings is 1. The summed E-state index contributed by atoms with van der Waals surface area (Å²) in [6, 6.07) is 8.16. The van der Waals surface area contributed by atoms with Crippen molar-refractivity contribution in [1.82, 2.24) is 19.2 Å². The standard InChI is InChI=1S/C18H24N4O2S/c1-20(12-14-7-9-15(25-2)10-8-14)17(23)13-22-18(24)21-11-5-3-4-6-16(21)19-22/h7-10H,3-6,11-13H2,1-2H3. The molecule has 0 bridgehead atoms. The van der Waals surface area contributed by atoms with Crippen molar-refractivity contribution in [3.05, 3.63) is 46.1 Å². The summed E-state index contributed by atoms with van der Waals surface area (Å²) in [6.45, 7) is 1.23. The van der Waals surface area contributed by atoms with Crippen LogP contribution in [0.2, 0.25) is 0 Å². The Morgan fingerprint density at radius 3 is 2.72 bits per heavy atom. The van der Waals surface area contributed by atoms with E-state index in [2.05, 4.69) is 17.2 Å². The van der Waals surface area contributed by atoms with Gasteiger partial charge in [-0.05, 0) is 36.8 Å². The number of aromatic nitrogens is 3. The summed E-state index contributed by atoms with van der Waals surface area (Å²) in [5.41, 5.74) is 0.907. The number of aryl methyl sites for hydroxylation is 1. The van der Waals surface area contributed by atoms with Crippen molar-refractivity contribution in [3.63, 3.8) is 0 Å². The molecule has 2 heterocycles. The number of likely N-dealkylation sites (N-methyl/N-ethyl adjacent to an activating group) is 1. The number of carbonyl (C=O) groups excluding carboxylic acids is 1. The van der Waals surface area contributed by atoms with Crippen LogP contribution in [0.15, 0.2) is 34.0 Å². The molecule has 0 spiro atoms. The maximum Gasteiger partial charge on any atom is 0.346 e. The van der Waals surface area contributed by atoms with Crippen molar-refractivity contribution >= 4 is 17.7 Å². The second-order valence-corrected chi connectivity index (χ2v) is 7.30. The maximum atomic E-state index is 12.5. The molecule has 7 heteroatoms. The Labute approximate surface area is 151 Å². The normalized spacial score (nSPS) is 14.0. The van der Waals surface area contributed by atoms with Crippen molar-refractivity contribution in [1.29, 1.82) is 0 Å². The molecule has 0 atom stereocenters. The summed E-state index contributed by atoms with van der Waals surface area (Å²) in [5.74, 6) is 0.704. The minimum Gasteiger partial charge on any atom is -0.340 e. The van der Waals surface area contributed by atoms with Gasteiger partial charge in [0.25, 0.3) is 0 Å². The smallest absolute Gasteiger partial charge is 0.340 e. The third-order valence-electron chi connectivity index (χ3n) is 4.57. The van der Waals surface area contributed by atoms with Gasteiger partial charge in [0.05, 0.1) is 0 Å². The molecule has 25 heavy (non-hydrogen) atoms. The zero-order valence-corrected chi connectivity index (χ0v) is 15.6. The zero-order chi connectivity index (χ0) is 17.8. The molecule has 0 radical (unpaired) electrons. The van der Waals surface area contributed by atoms with E-state index in [1.54, 1.807) is 28.3 Å². The molecule has 2 aromatic rings. The van der Waals surface area contributed by atoms with Crippen molar-refractivity contribution < 1.29 is 4.79 Å². The van der Waals surface area contributed by atoms with Gasteiger partial charge in [0.2, 0.25) is 5.91 Å². The van der Waals surface area contributed by atoms with E-state index < -0.39 is 0 Å². The summed E-state index contributed by atoms with van der Waals surface area (Å²) in [6.07, 6.45) is 6.03. The van der Waals surface area contributed by atoms with Crippen LogP contribution >= 0.6 is 11.8 Å². The monoisotopic (exact) mass is 360 g/mol. The van der Waals surface area contributed by atoms with Gasteiger partial charge in [-0.15, -0.1) is 11.8 Å². The lowest BCUT2D eigenvalue weighted by molar-refractivity contribution is -0.131. The molecule has 6 nitrogen and oxygen atoms in total. The van der Waals surface area contributed by atoms with Crippen LogP contribution in [0.4, 0.5) is 0 Å². The van der Waals surface area contributed by atoms with E-state index >= 15 is 0 Å². The van der Waals surface area contributed by atoms with Crippen LogP contribution in [0.3, 0.4) is 0 Å². The lowest BCUT2D eigenvalue weighted by atomic mass is 10.2. The number of carbonyl (C=O) groups is 1. The summed E-state index contributed by atoms with van der Waals surface area (Å²) < 4.78 is 3.04. The SMILES string of the molecule is CSc1ccc(CN(C)C(=O)Cn2nc3n(c2=O)CCCCC3)cc1. The van der Waals surface area contributed by atoms with E-state index in [9.17, 15) is 9.59 Å². The quantitative estimate of drug-likeness (QED) is 0.767. The first-order valence-electron chi connectivity index (χ1n) is 8.62. The first-order chi connectivity index (χ1) is 12.1. The van der Waals surface area contributed by atoms with Crippen LogP contribution in [0.25, 0.3) is 0 Å². The lowest BCUT2D eigenvalue weighted by Gasteiger charge is -2.17. The summed E-state index contributed by atoms with van der Waals surface area (Å²) >= 11 is 1.69. The Kier molecular flexibility index (Phi) is 5.63. The second kappa shape index (κ2) is 7.91. The van der Waals surface area contributed by atoms with Gasteiger partial charge in [0.1, 0.15) is 12.4 Å². The fourth-order valence-electron chi connectivity index (χ4n) is 3.07. The summed E-state index contributed by atoms with van der Waals surface area (Å²) in [5, 5.41) is 4.38. The first kappa shape index (κ1) is 17.8. The number of hydrogen-bond acceptors (Lipinski definition) is 4. The largest absolute Gasteiger partial charge is 0.346 e. The van der Waals surface area contributed by atoms with Gasteiger partial charge in [-0.1, -0.05) is 18.6 Å². The molecule has 0 aliphatic carbocycles. The highest BCUT2D eigenvalue weighted by Gasteiger charge is 2.18. The average Bonchev–Trinajstić information content (AvgIpc) is 2.79. The molecule has 0 unspecified atom stereocenters. The average molecular weight is 360 g/mol. The summed E-state index contributed by atoms with van der Waals surface area (Å²) in [4.78, 5) is 27.8. The minimum absolute atomic E-state index is 0.00176. The number of hydrogen-bond donors (Lipinski definition) is 0. The highest BCUT2D eigenvalue weighted by molar-refractivity contribution is 7.98. The van der Waals surface area contributed by atoms with Gasteiger partial charge in [-0.25, -0.2) is 9.48 Å². The minimum atomic E-state index is -0.164. The molecule has 1 aliphatic heterocycles. The van der Waals surface area contributed by atoms with E-state index in [-0.39, 0.29) is 18.1 Å². The van der Waals surface area contributed by atoms with Gasteiger partial charge in [-0.3, -0.25) is 9.36 Å². The van der Waals surface area contributed by atoms with Crippen LogP contribution in [0, 0.1) is 0 Å². The molecule has 1 amide bonds. The van der Waals surface area contributed by atoms with Gasteiger partial charge >= 0.3 is 5.69 Å². The van der Waals surface area contributed by atoms with Crippen LogP contribution in [0.1, 0.15) is 30.7 Å². The van der Waals surface area contributed by atoms with Crippen molar-refractivity contribution in [2.75, 3.05) is 13.3 Å². The highest BCUT2D eigenvalue weighted by atomic mass is 32.2. The van der Waals surface area contributed by atoms with E-state index in [0.717, 1.165) is 37.1 Å². The molecule has 1 aliphatic rings. The fraction of sp³-hybridized carbons (Fsp3) is 0.500. The lowest BCUT2D eigenvalue weighted by Crippen LogP contribution is -2.34. The Morgan fingerprint density at radius 2 is 2.00 bits per heavy atom. The van der Waals surface area contributed by atoms with Crippen LogP contribution < -0.4 is 5.69 Å². The van der Waals surface area contributed by atoms with Crippen molar-refractivity contribution in [3.8, 4) is 0 Å². The van der Waals surface area contributed by atoms with E-state index in [0.29, 0.717) is 13.1 Å². The Bertz CT molecular complexity index is 794. The Hall–Kier alpha value is -2.02. The van der Waals surface area contributed by atoms with Gasteiger partial charge in [0, 0.05) is 31.5 Å². The van der Waals surface area contributed by atoms with E-state index in [1.165, 1.54) is 9.58 Å². The van der Waals surface area contributed by atoms with Crippen LogP contribution in [-0.4, -0.2) is 38.5 Å². The molecule has 3 rings (SSSR count). The van der Waals surface area contributed by atoms with Gasteiger partial charge < -0.3 is 4.90 Å². The number of nitrogens with zero attached hydrogens (tertiary/aromatic N) is 4. The summed E-state index contributed by atoms with van der Waals surface area (Å²) in [7, 11) is 1.76. The van der Waals surface area contributed by atoms with Crippen molar-refractivity contribution in [2.45, 2.75) is 50.2 Å². The molecular weight excluding hydrogens is 336 g/mol. The molecule has 1 aromatic carbocycles. The fourth-order valence-corrected chi connectivity index (χ4v) is 3.48. The number of amides is 1. The third-order valence-corrected chi connectivity index (χ3v) is 5.31. The first-order valence-corrected chi connectivity index (χ1v) is 9.84. The molecule has 1 aromatic heterocycles. The van der Waals surface area contributed by atoms with Gasteiger partial charge in [-0.2, -0.15) is 5.10 Å². The molecule has 0 fully saturated rings. The predicted octanol–water partition coefficient (Wildman–Crippen LogP) is 2.15. The number of fused-ring (bicyclic) bond motifs is 1. The topological polar surface area (TPSA) is 60.1 Å². The molecule has 0 saturated heterocycles. The molecule has 134 valence electrons. The molecule has 0 saturated carbocycles. The van der Waals surface area contributed by atoms with Crippen molar-refractivity contribution in [2.24, 2.45) is 0 Å². The number of thioether (sulfide) groups is 1. The van der Waals surface area contributed by atoms with Crippen LogP contribution in [-0.2, 0) is 30.8 Å². The van der Waals surface area contributed by atoms with Gasteiger partial charge in [0.15, 0.2) is 0 Å². The Morgan fingerprint density at radius 1 is 1.24 bits per heavy atom. The maximum absolute atomic E-state index is 12.5. The van der Waals surface area contributed by atoms with Crippen LogP contribution in [0.5, 0.6) is 0 Å². The third kappa shape index (κ3) is 4.15. The van der Waals surface area contributed by atoms with E-state index in [4.69, 9.17) is 0 Å². The predicted molar refractivity (Wildman–Crippen MR) is 98.7 cm³/mol. The molecule has 0 N–H and O–H groups in total. The number of rotatable bonds is 5. The zero-order valence-electron chi connectivity index (χ0n) is 14.8.